The number of alkyl halides is 2. The first kappa shape index (κ1) is 9.37. The van der Waals surface area contributed by atoms with E-state index in [1.165, 1.54) is 17.2 Å². The Bertz CT molecular complexity index is 337. The van der Waals surface area contributed by atoms with Gasteiger partial charge in [-0.25, -0.2) is 4.79 Å². The van der Waals surface area contributed by atoms with Crippen molar-refractivity contribution in [3.8, 4) is 0 Å². The number of carboxylic acids is 1. The van der Waals surface area contributed by atoms with Crippen LogP contribution in [0.5, 0.6) is 0 Å². The Morgan fingerprint density at radius 2 is 2.23 bits per heavy atom. The lowest BCUT2D eigenvalue weighted by atomic mass is 9.77. The van der Waals surface area contributed by atoms with Crippen molar-refractivity contribution >= 4 is 46.7 Å². The molecule has 0 aromatic heterocycles. The molecular formula is C7H4Cl2O3S. The Kier molecular flexibility index (Phi) is 1.91. The lowest BCUT2D eigenvalue weighted by Gasteiger charge is -2.40. The number of Topliss-reactive ketones (excluding diaryl/α,β-unsaturated/α-hetero) is 1. The van der Waals surface area contributed by atoms with Crippen molar-refractivity contribution in [2.45, 2.75) is 9.58 Å². The van der Waals surface area contributed by atoms with Crippen molar-refractivity contribution in [2.24, 2.45) is 5.92 Å². The number of carbonyl (C=O) groups is 2. The van der Waals surface area contributed by atoms with E-state index in [1.54, 1.807) is 0 Å². The molecule has 70 valence electrons. The minimum absolute atomic E-state index is 0.108. The van der Waals surface area contributed by atoms with Crippen molar-refractivity contribution in [1.29, 1.82) is 0 Å². The molecule has 1 fully saturated rings. The molecule has 6 heteroatoms. The van der Waals surface area contributed by atoms with Gasteiger partial charge >= 0.3 is 5.97 Å². The quantitative estimate of drug-likeness (QED) is 0.703. The summed E-state index contributed by atoms with van der Waals surface area (Å²) >= 11 is 12.6. The first-order valence-corrected chi connectivity index (χ1v) is 5.17. The smallest absolute Gasteiger partial charge is 0.332 e. The van der Waals surface area contributed by atoms with Crippen LogP contribution in [0, 0.1) is 5.92 Å². The molecule has 1 aliphatic heterocycles. The predicted molar refractivity (Wildman–Crippen MR) is 50.0 cm³/mol. The number of fused-ring (bicyclic) bond motifs is 1. The molecule has 1 N–H and O–H groups in total. The van der Waals surface area contributed by atoms with E-state index in [2.05, 4.69) is 0 Å². The van der Waals surface area contributed by atoms with Crippen LogP contribution in [0.1, 0.15) is 0 Å². The summed E-state index contributed by atoms with van der Waals surface area (Å²) in [6.07, 6.45) is 0. The van der Waals surface area contributed by atoms with Crippen LogP contribution in [0.3, 0.4) is 0 Å². The third-order valence-corrected chi connectivity index (χ3v) is 4.61. The van der Waals surface area contributed by atoms with Gasteiger partial charge in [-0.2, -0.15) is 0 Å². The van der Waals surface area contributed by atoms with Crippen molar-refractivity contribution in [3.05, 3.63) is 11.0 Å². The number of hydrogen-bond donors (Lipinski definition) is 1. The van der Waals surface area contributed by atoms with E-state index in [1.807, 2.05) is 0 Å². The summed E-state index contributed by atoms with van der Waals surface area (Å²) in [5.74, 6) is -2.09. The van der Waals surface area contributed by atoms with Gasteiger partial charge in [-0.1, -0.05) is 23.2 Å². The van der Waals surface area contributed by atoms with E-state index >= 15 is 0 Å². The van der Waals surface area contributed by atoms with Crippen molar-refractivity contribution < 1.29 is 14.7 Å². The van der Waals surface area contributed by atoms with Crippen molar-refractivity contribution in [2.75, 3.05) is 0 Å². The molecular weight excluding hydrogens is 235 g/mol. The zero-order valence-corrected chi connectivity index (χ0v) is 8.49. The molecule has 0 bridgehead atoms. The molecule has 0 aromatic rings. The summed E-state index contributed by atoms with van der Waals surface area (Å²) in [6, 6.07) is 0. The third-order valence-electron chi connectivity index (χ3n) is 2.19. The van der Waals surface area contributed by atoms with Gasteiger partial charge < -0.3 is 5.11 Å². The fourth-order valence-corrected chi connectivity index (χ4v) is 3.52. The summed E-state index contributed by atoms with van der Waals surface area (Å²) in [4.78, 5) is 21.9. The summed E-state index contributed by atoms with van der Waals surface area (Å²) in [5.41, 5.74) is 0.108. The molecule has 0 spiro atoms. The van der Waals surface area contributed by atoms with Gasteiger partial charge in [0.05, 0.1) is 16.7 Å². The van der Waals surface area contributed by atoms with E-state index in [0.717, 1.165) is 0 Å². The summed E-state index contributed by atoms with van der Waals surface area (Å²) < 4.78 is -1.40. The maximum atomic E-state index is 11.3. The molecule has 0 unspecified atom stereocenters. The number of rotatable bonds is 1. The van der Waals surface area contributed by atoms with Crippen LogP contribution in [-0.4, -0.2) is 26.4 Å². The van der Waals surface area contributed by atoms with Crippen LogP contribution >= 0.6 is 35.0 Å². The van der Waals surface area contributed by atoms with Gasteiger partial charge in [0.2, 0.25) is 0 Å². The Hall–Kier alpha value is -0.190. The molecule has 1 heterocycles. The highest BCUT2D eigenvalue weighted by Crippen LogP contribution is 2.57. The lowest BCUT2D eigenvalue weighted by Crippen LogP contribution is -2.58. The first-order chi connectivity index (χ1) is 5.96. The fraction of sp³-hybridized carbons (Fsp3) is 0.429. The molecule has 13 heavy (non-hydrogen) atoms. The molecule has 2 atom stereocenters. The van der Waals surface area contributed by atoms with Crippen LogP contribution in [0.4, 0.5) is 0 Å². The average Bonchev–Trinajstić information content (AvgIpc) is 2.45. The molecule has 0 radical (unpaired) electrons. The summed E-state index contributed by atoms with van der Waals surface area (Å²) in [7, 11) is 0. The number of aliphatic carboxylic acids is 1. The van der Waals surface area contributed by atoms with E-state index in [9.17, 15) is 9.59 Å². The Morgan fingerprint density at radius 1 is 1.62 bits per heavy atom. The van der Waals surface area contributed by atoms with Gasteiger partial charge in [0.15, 0.2) is 10.1 Å². The molecule has 0 amide bonds. The Labute approximate surface area is 88.1 Å². The number of carbonyl (C=O) groups excluding carboxylic acids is 1. The zero-order valence-electron chi connectivity index (χ0n) is 6.16. The highest BCUT2D eigenvalue weighted by atomic mass is 35.5. The molecule has 1 saturated carbocycles. The topological polar surface area (TPSA) is 54.4 Å². The molecule has 0 saturated heterocycles. The maximum Gasteiger partial charge on any atom is 0.332 e. The predicted octanol–water partition coefficient (Wildman–Crippen LogP) is 1.44. The monoisotopic (exact) mass is 238 g/mol. The van der Waals surface area contributed by atoms with Crippen molar-refractivity contribution in [3.63, 3.8) is 0 Å². The van der Waals surface area contributed by atoms with Crippen LogP contribution in [-0.2, 0) is 9.59 Å². The zero-order chi connectivity index (χ0) is 9.80. The SMILES string of the molecule is O=C(O)C1=CS[C@H]2[C@@H]1C(=O)C2(Cl)Cl. The highest BCUT2D eigenvalue weighted by Gasteiger charge is 2.65. The Morgan fingerprint density at radius 3 is 2.77 bits per heavy atom. The van der Waals surface area contributed by atoms with Gasteiger partial charge in [-0.15, -0.1) is 11.8 Å². The number of hydrogen-bond acceptors (Lipinski definition) is 3. The Balaban J connectivity index is 2.28. The molecule has 2 aliphatic rings. The van der Waals surface area contributed by atoms with Crippen LogP contribution < -0.4 is 0 Å². The molecule has 0 aromatic carbocycles. The summed E-state index contributed by atoms with van der Waals surface area (Å²) in [5, 5.41) is 9.83. The number of ketones is 1. The van der Waals surface area contributed by atoms with Gasteiger partial charge in [0.1, 0.15) is 0 Å². The first-order valence-electron chi connectivity index (χ1n) is 3.47. The number of halogens is 2. The van der Waals surface area contributed by atoms with Gasteiger partial charge in [-0.05, 0) is 5.41 Å². The molecule has 1 aliphatic carbocycles. The number of thioether (sulfide) groups is 1. The standard InChI is InChI=1S/C7H4Cl2O3S/c8-7(9)4(10)3-2(6(11)12)1-13-5(3)7/h1,3,5H,(H,11,12)/t3-,5-/m0/s1. The van der Waals surface area contributed by atoms with Crippen molar-refractivity contribution in [1.82, 2.24) is 0 Å². The second kappa shape index (κ2) is 2.65. The number of carboxylic acid groups (broad SMARTS) is 1. The minimum atomic E-state index is -1.40. The molecule has 3 nitrogen and oxygen atoms in total. The van der Waals surface area contributed by atoms with Crippen LogP contribution in [0.15, 0.2) is 11.0 Å². The molecule has 2 rings (SSSR count). The second-order valence-corrected chi connectivity index (χ2v) is 5.30. The van der Waals surface area contributed by atoms with Crippen LogP contribution in [0.25, 0.3) is 0 Å². The fourth-order valence-electron chi connectivity index (χ4n) is 1.47. The average molecular weight is 239 g/mol. The summed E-state index contributed by atoms with van der Waals surface area (Å²) in [6.45, 7) is 0. The van der Waals surface area contributed by atoms with E-state index in [-0.39, 0.29) is 10.8 Å². The van der Waals surface area contributed by atoms with Gasteiger partial charge in [0, 0.05) is 0 Å². The van der Waals surface area contributed by atoms with Crippen LogP contribution in [0.2, 0.25) is 0 Å². The van der Waals surface area contributed by atoms with E-state index in [4.69, 9.17) is 28.3 Å². The van der Waals surface area contributed by atoms with E-state index in [0.29, 0.717) is 0 Å². The second-order valence-electron chi connectivity index (χ2n) is 2.90. The van der Waals surface area contributed by atoms with E-state index < -0.39 is 22.0 Å². The lowest BCUT2D eigenvalue weighted by molar-refractivity contribution is -0.137. The normalized spacial score (nSPS) is 34.9. The minimum Gasteiger partial charge on any atom is -0.478 e. The van der Waals surface area contributed by atoms with Gasteiger partial charge in [0.25, 0.3) is 0 Å². The highest BCUT2D eigenvalue weighted by molar-refractivity contribution is 8.03. The largest absolute Gasteiger partial charge is 0.478 e. The third kappa shape index (κ3) is 1.06. The maximum absolute atomic E-state index is 11.3. The van der Waals surface area contributed by atoms with Gasteiger partial charge in [-0.3, -0.25) is 4.79 Å².